The molecule has 9 heteroatoms. The molecule has 0 unspecified atom stereocenters. The second-order valence-corrected chi connectivity index (χ2v) is 10.3. The van der Waals surface area contributed by atoms with Crippen LogP contribution in [-0.4, -0.2) is 61.0 Å². The molecule has 0 saturated carbocycles. The summed E-state index contributed by atoms with van der Waals surface area (Å²) in [5.74, 6) is -0.147. The number of esters is 1. The Hall–Kier alpha value is -3.46. The van der Waals surface area contributed by atoms with Gasteiger partial charge in [-0.2, -0.15) is 0 Å². The van der Waals surface area contributed by atoms with Crippen LogP contribution in [0.2, 0.25) is 0 Å². The molecule has 0 amide bonds. The predicted octanol–water partition coefficient (Wildman–Crippen LogP) is 3.11. The summed E-state index contributed by atoms with van der Waals surface area (Å²) in [5, 5.41) is 0.875. The van der Waals surface area contributed by atoms with Crippen molar-refractivity contribution in [2.24, 2.45) is 0 Å². The number of methoxy groups -OCH3 is 1. The highest BCUT2D eigenvalue weighted by Crippen LogP contribution is 2.32. The van der Waals surface area contributed by atoms with Gasteiger partial charge >= 0.3 is 5.97 Å². The molecule has 3 aromatic heterocycles. The third kappa shape index (κ3) is 3.58. The topological polar surface area (TPSA) is 105 Å². The van der Waals surface area contributed by atoms with Crippen molar-refractivity contribution in [1.29, 1.82) is 0 Å². The van der Waals surface area contributed by atoms with E-state index in [0.717, 1.165) is 27.8 Å². The molecule has 1 fully saturated rings. The van der Waals surface area contributed by atoms with E-state index in [1.54, 1.807) is 12.3 Å². The molecule has 0 aliphatic carbocycles. The molecule has 1 aromatic carbocycles. The van der Waals surface area contributed by atoms with Gasteiger partial charge in [0.2, 0.25) is 0 Å². The molecule has 164 valence electrons. The van der Waals surface area contributed by atoms with E-state index >= 15 is 0 Å². The van der Waals surface area contributed by atoms with E-state index in [-0.39, 0.29) is 11.5 Å². The Morgan fingerprint density at radius 2 is 1.91 bits per heavy atom. The van der Waals surface area contributed by atoms with Crippen molar-refractivity contribution in [3.8, 4) is 11.3 Å². The number of anilines is 1. The van der Waals surface area contributed by atoms with Crippen LogP contribution >= 0.6 is 0 Å². The van der Waals surface area contributed by atoms with E-state index < -0.39 is 15.8 Å². The van der Waals surface area contributed by atoms with Crippen molar-refractivity contribution < 1.29 is 17.9 Å². The highest BCUT2D eigenvalue weighted by molar-refractivity contribution is 7.91. The highest BCUT2D eigenvalue weighted by atomic mass is 32.2. The molecule has 0 radical (unpaired) electrons. The Bertz CT molecular complexity index is 1450. The van der Waals surface area contributed by atoms with Gasteiger partial charge in [-0.15, -0.1) is 0 Å². The summed E-state index contributed by atoms with van der Waals surface area (Å²) in [4.78, 5) is 27.1. The predicted molar refractivity (Wildman–Crippen MR) is 124 cm³/mol. The number of benzene rings is 1. The molecule has 4 heterocycles. The normalized spacial score (nSPS) is 15.9. The fraction of sp³-hybridized carbons (Fsp3) is 0.261. The average Bonchev–Trinajstić information content (AvgIpc) is 3.16. The first-order valence-electron chi connectivity index (χ1n) is 10.3. The molecular formula is C23H22N4O4S. The number of nitrogens with zero attached hydrogens (tertiary/aromatic N) is 3. The van der Waals surface area contributed by atoms with Crippen molar-refractivity contribution in [2.75, 3.05) is 36.6 Å². The lowest BCUT2D eigenvalue weighted by molar-refractivity contribution is 0.0602. The molecular weight excluding hydrogens is 428 g/mol. The minimum Gasteiger partial charge on any atom is -0.465 e. The first-order valence-corrected chi connectivity index (χ1v) is 12.1. The molecule has 0 bridgehead atoms. The molecule has 1 N–H and O–H groups in total. The molecule has 1 saturated heterocycles. The van der Waals surface area contributed by atoms with Crippen LogP contribution in [0.4, 0.5) is 5.69 Å². The highest BCUT2D eigenvalue weighted by Gasteiger charge is 2.23. The van der Waals surface area contributed by atoms with Crippen LogP contribution in [0.15, 0.2) is 42.6 Å². The van der Waals surface area contributed by atoms with Crippen LogP contribution in [-0.2, 0) is 14.6 Å². The number of aryl methyl sites for hydroxylation is 1. The van der Waals surface area contributed by atoms with Gasteiger partial charge in [-0.1, -0.05) is 0 Å². The number of carbonyl (C=O) groups excluding carboxylic acids is 1. The summed E-state index contributed by atoms with van der Waals surface area (Å²) in [6.45, 7) is 2.84. The number of pyridine rings is 2. The van der Waals surface area contributed by atoms with Crippen molar-refractivity contribution in [3.63, 3.8) is 0 Å². The maximum absolute atomic E-state index is 12.6. The third-order valence-electron chi connectivity index (χ3n) is 5.86. The standard InChI is InChI=1S/C23H22N4O4S/c1-14-3-4-15(13-24-14)19-12-18(23(28)31-2)22-21(25-19)17-6-5-16(11-20(17)26-22)27-7-9-32(29,30)10-8-27/h3-6,11-13,26H,7-10H2,1-2H3. The zero-order chi connectivity index (χ0) is 22.5. The number of H-pyrrole nitrogens is 1. The summed E-state index contributed by atoms with van der Waals surface area (Å²) in [6, 6.07) is 11.4. The van der Waals surface area contributed by atoms with Crippen LogP contribution in [0.25, 0.3) is 33.2 Å². The SMILES string of the molecule is COC(=O)c1cc(-c2ccc(C)nc2)nc2c1[nH]c1cc(N3CCS(=O)(=O)CC3)ccc12. The number of ether oxygens (including phenoxy) is 1. The van der Waals surface area contributed by atoms with E-state index in [1.807, 2.05) is 37.3 Å². The van der Waals surface area contributed by atoms with Gasteiger partial charge in [0.25, 0.3) is 0 Å². The maximum Gasteiger partial charge on any atom is 0.340 e. The van der Waals surface area contributed by atoms with Crippen LogP contribution in [0.3, 0.4) is 0 Å². The molecule has 1 aliphatic heterocycles. The second kappa shape index (κ2) is 7.59. The van der Waals surface area contributed by atoms with Crippen LogP contribution in [0.5, 0.6) is 0 Å². The zero-order valence-electron chi connectivity index (χ0n) is 17.8. The first-order chi connectivity index (χ1) is 15.3. The fourth-order valence-electron chi connectivity index (χ4n) is 4.05. The first kappa shape index (κ1) is 20.4. The van der Waals surface area contributed by atoms with Crippen LogP contribution in [0.1, 0.15) is 16.1 Å². The Morgan fingerprint density at radius 1 is 1.12 bits per heavy atom. The minimum absolute atomic E-state index is 0.153. The van der Waals surface area contributed by atoms with Gasteiger partial charge in [0.1, 0.15) is 0 Å². The largest absolute Gasteiger partial charge is 0.465 e. The van der Waals surface area contributed by atoms with E-state index in [1.165, 1.54) is 7.11 Å². The van der Waals surface area contributed by atoms with Crippen molar-refractivity contribution in [2.45, 2.75) is 6.92 Å². The van der Waals surface area contributed by atoms with E-state index in [2.05, 4.69) is 14.9 Å². The lowest BCUT2D eigenvalue weighted by Crippen LogP contribution is -2.40. The number of hydrogen-bond donors (Lipinski definition) is 1. The molecule has 4 aromatic rings. The Labute approximate surface area is 185 Å². The zero-order valence-corrected chi connectivity index (χ0v) is 18.6. The smallest absolute Gasteiger partial charge is 0.340 e. The summed E-state index contributed by atoms with van der Waals surface area (Å²) in [5.41, 5.74) is 5.77. The molecule has 8 nitrogen and oxygen atoms in total. The quantitative estimate of drug-likeness (QED) is 0.478. The Morgan fingerprint density at radius 3 is 2.59 bits per heavy atom. The fourth-order valence-corrected chi connectivity index (χ4v) is 5.25. The number of nitrogens with one attached hydrogen (secondary N) is 1. The molecule has 32 heavy (non-hydrogen) atoms. The van der Waals surface area contributed by atoms with E-state index in [0.29, 0.717) is 35.4 Å². The summed E-state index contributed by atoms with van der Waals surface area (Å²) in [6.07, 6.45) is 1.74. The van der Waals surface area contributed by atoms with Gasteiger partial charge in [0.15, 0.2) is 9.84 Å². The number of sulfone groups is 1. The lowest BCUT2D eigenvalue weighted by Gasteiger charge is -2.28. The summed E-state index contributed by atoms with van der Waals surface area (Å²) in [7, 11) is -1.60. The van der Waals surface area contributed by atoms with Crippen molar-refractivity contribution in [1.82, 2.24) is 15.0 Å². The molecule has 0 atom stereocenters. The van der Waals surface area contributed by atoms with Gasteiger partial charge in [0.05, 0.1) is 46.4 Å². The van der Waals surface area contributed by atoms with Crippen molar-refractivity contribution in [3.05, 3.63) is 53.9 Å². The second-order valence-electron chi connectivity index (χ2n) is 7.95. The number of aromatic nitrogens is 3. The number of carbonyl (C=O) groups is 1. The molecule has 0 spiro atoms. The summed E-state index contributed by atoms with van der Waals surface area (Å²) < 4.78 is 28.6. The number of hydrogen-bond acceptors (Lipinski definition) is 7. The monoisotopic (exact) mass is 450 g/mol. The Kier molecular flexibility index (Phi) is 4.85. The van der Waals surface area contributed by atoms with Gasteiger partial charge < -0.3 is 14.6 Å². The summed E-state index contributed by atoms with van der Waals surface area (Å²) >= 11 is 0. The minimum atomic E-state index is -2.95. The number of rotatable bonds is 3. The molecule has 5 rings (SSSR count). The van der Waals surface area contributed by atoms with Gasteiger partial charge in [0, 0.05) is 41.6 Å². The van der Waals surface area contributed by atoms with E-state index in [9.17, 15) is 13.2 Å². The van der Waals surface area contributed by atoms with Gasteiger partial charge in [-0.05, 0) is 43.3 Å². The Balaban J connectivity index is 1.65. The van der Waals surface area contributed by atoms with Crippen LogP contribution in [0, 0.1) is 6.92 Å². The molecule has 1 aliphatic rings. The van der Waals surface area contributed by atoms with Crippen LogP contribution < -0.4 is 4.90 Å². The average molecular weight is 451 g/mol. The van der Waals surface area contributed by atoms with E-state index in [4.69, 9.17) is 9.72 Å². The number of fused-ring (bicyclic) bond motifs is 3. The van der Waals surface area contributed by atoms with Crippen molar-refractivity contribution >= 4 is 43.4 Å². The lowest BCUT2D eigenvalue weighted by atomic mass is 10.1. The van der Waals surface area contributed by atoms with Gasteiger partial charge in [-0.25, -0.2) is 18.2 Å². The number of aromatic amines is 1. The maximum atomic E-state index is 12.6. The van der Waals surface area contributed by atoms with Gasteiger partial charge in [-0.3, -0.25) is 4.98 Å². The third-order valence-corrected chi connectivity index (χ3v) is 7.47.